The third-order valence-corrected chi connectivity index (χ3v) is 1.76. The van der Waals surface area contributed by atoms with Gasteiger partial charge in [0.15, 0.2) is 0 Å². The molecule has 0 spiro atoms. The predicted molar refractivity (Wildman–Crippen MR) is 58.3 cm³/mol. The van der Waals surface area contributed by atoms with Crippen LogP contribution >= 0.6 is 0 Å². The summed E-state index contributed by atoms with van der Waals surface area (Å²) in [7, 11) is 0. The summed E-state index contributed by atoms with van der Waals surface area (Å²) in [5, 5.41) is 2.69. The van der Waals surface area contributed by atoms with E-state index < -0.39 is 5.41 Å². The van der Waals surface area contributed by atoms with Crippen LogP contribution in [0, 0.1) is 5.41 Å². The second-order valence-corrected chi connectivity index (χ2v) is 4.48. The maximum atomic E-state index is 11.4. The van der Waals surface area contributed by atoms with Gasteiger partial charge < -0.3 is 10.1 Å². The van der Waals surface area contributed by atoms with E-state index in [-0.39, 0.29) is 18.3 Å². The molecule has 0 aliphatic carbocycles. The van der Waals surface area contributed by atoms with Gasteiger partial charge in [-0.25, -0.2) is 0 Å². The smallest absolute Gasteiger partial charge is 0.307 e. The van der Waals surface area contributed by atoms with E-state index in [0.29, 0.717) is 13.2 Å². The van der Waals surface area contributed by atoms with E-state index >= 15 is 0 Å². The highest BCUT2D eigenvalue weighted by Crippen LogP contribution is 2.12. The number of hydrogen-bond acceptors (Lipinski definition) is 3. The molecular weight excluding hydrogens is 194 g/mol. The van der Waals surface area contributed by atoms with Crippen LogP contribution in [0.15, 0.2) is 0 Å². The Hall–Kier alpha value is -1.06. The molecule has 0 atom stereocenters. The molecule has 0 aromatic heterocycles. The van der Waals surface area contributed by atoms with Gasteiger partial charge in [0.2, 0.25) is 5.91 Å². The first-order valence-corrected chi connectivity index (χ1v) is 5.32. The Morgan fingerprint density at radius 3 is 2.33 bits per heavy atom. The van der Waals surface area contributed by atoms with Crippen LogP contribution in [-0.2, 0) is 14.3 Å². The number of nitrogens with one attached hydrogen (secondary N) is 1. The van der Waals surface area contributed by atoms with Gasteiger partial charge in [-0.05, 0) is 6.42 Å². The quantitative estimate of drug-likeness (QED) is 0.707. The van der Waals surface area contributed by atoms with Crippen molar-refractivity contribution in [2.75, 3.05) is 13.2 Å². The fourth-order valence-electron chi connectivity index (χ4n) is 0.831. The lowest BCUT2D eigenvalue weighted by molar-refractivity contribution is -0.143. The van der Waals surface area contributed by atoms with Gasteiger partial charge in [0.1, 0.15) is 0 Å². The molecule has 0 heterocycles. The summed E-state index contributed by atoms with van der Waals surface area (Å²) in [6.07, 6.45) is 1.06. The van der Waals surface area contributed by atoms with Crippen molar-refractivity contribution in [1.82, 2.24) is 5.32 Å². The Balaban J connectivity index is 3.62. The fourth-order valence-corrected chi connectivity index (χ4v) is 0.831. The van der Waals surface area contributed by atoms with Gasteiger partial charge in [0.05, 0.1) is 13.0 Å². The molecule has 0 aliphatic rings. The lowest BCUT2D eigenvalue weighted by atomic mass is 9.96. The lowest BCUT2D eigenvalue weighted by Crippen LogP contribution is -2.36. The molecule has 4 nitrogen and oxygen atoms in total. The van der Waals surface area contributed by atoms with Crippen LogP contribution in [0.25, 0.3) is 0 Å². The van der Waals surface area contributed by atoms with Gasteiger partial charge in [-0.3, -0.25) is 9.59 Å². The maximum absolute atomic E-state index is 11.4. The van der Waals surface area contributed by atoms with Gasteiger partial charge >= 0.3 is 5.97 Å². The summed E-state index contributed by atoms with van der Waals surface area (Å²) < 4.78 is 4.87. The molecule has 0 rings (SSSR count). The Morgan fingerprint density at radius 2 is 1.87 bits per heavy atom. The molecule has 0 unspecified atom stereocenters. The number of ether oxygens (including phenoxy) is 1. The second kappa shape index (κ2) is 6.43. The largest absolute Gasteiger partial charge is 0.466 e. The highest BCUT2D eigenvalue weighted by molar-refractivity contribution is 5.81. The standard InChI is InChI=1S/C11H21NO3/c1-5-8-15-9(13)6-7-12-10(14)11(2,3)4/h5-8H2,1-4H3,(H,12,14). The van der Waals surface area contributed by atoms with Crippen molar-refractivity contribution in [2.24, 2.45) is 5.41 Å². The average Bonchev–Trinajstić information content (AvgIpc) is 2.13. The van der Waals surface area contributed by atoms with Gasteiger partial charge in [-0.2, -0.15) is 0 Å². The van der Waals surface area contributed by atoms with Gasteiger partial charge in [-0.1, -0.05) is 27.7 Å². The van der Waals surface area contributed by atoms with E-state index in [1.807, 2.05) is 27.7 Å². The molecule has 0 aromatic carbocycles. The number of carbonyl (C=O) groups excluding carboxylic acids is 2. The van der Waals surface area contributed by atoms with Gasteiger partial charge in [0.25, 0.3) is 0 Å². The van der Waals surface area contributed by atoms with Crippen LogP contribution in [-0.4, -0.2) is 25.0 Å². The number of esters is 1. The molecule has 0 saturated carbocycles. The van der Waals surface area contributed by atoms with Crippen molar-refractivity contribution in [3.05, 3.63) is 0 Å². The highest BCUT2D eigenvalue weighted by atomic mass is 16.5. The van der Waals surface area contributed by atoms with Crippen LogP contribution in [0.3, 0.4) is 0 Å². The normalized spacial score (nSPS) is 10.9. The predicted octanol–water partition coefficient (Wildman–Crippen LogP) is 1.49. The summed E-state index contributed by atoms with van der Waals surface area (Å²) in [6.45, 7) is 8.23. The fraction of sp³-hybridized carbons (Fsp3) is 0.818. The molecule has 4 heteroatoms. The second-order valence-electron chi connectivity index (χ2n) is 4.48. The van der Waals surface area contributed by atoms with Crippen LogP contribution in [0.5, 0.6) is 0 Å². The third kappa shape index (κ3) is 6.94. The molecule has 15 heavy (non-hydrogen) atoms. The SMILES string of the molecule is CCCOC(=O)CCNC(=O)C(C)(C)C. The third-order valence-electron chi connectivity index (χ3n) is 1.76. The minimum atomic E-state index is -0.409. The van der Waals surface area contributed by atoms with E-state index in [9.17, 15) is 9.59 Å². The van der Waals surface area contributed by atoms with Crippen LogP contribution in [0.4, 0.5) is 0 Å². The Labute approximate surface area is 91.4 Å². The maximum Gasteiger partial charge on any atom is 0.307 e. The average molecular weight is 215 g/mol. The van der Waals surface area contributed by atoms with Crippen molar-refractivity contribution < 1.29 is 14.3 Å². The summed E-state index contributed by atoms with van der Waals surface area (Å²) in [5.74, 6) is -0.308. The van der Waals surface area contributed by atoms with E-state index in [4.69, 9.17) is 4.74 Å². The Morgan fingerprint density at radius 1 is 1.27 bits per heavy atom. The summed E-state index contributed by atoms with van der Waals surface area (Å²) in [5.41, 5.74) is -0.409. The van der Waals surface area contributed by atoms with Crippen molar-refractivity contribution in [1.29, 1.82) is 0 Å². The molecule has 1 N–H and O–H groups in total. The first-order valence-electron chi connectivity index (χ1n) is 5.32. The van der Waals surface area contributed by atoms with Crippen LogP contribution in [0.2, 0.25) is 0 Å². The number of carbonyl (C=O) groups is 2. The van der Waals surface area contributed by atoms with Crippen molar-refractivity contribution in [2.45, 2.75) is 40.5 Å². The molecular formula is C11H21NO3. The number of hydrogen-bond donors (Lipinski definition) is 1. The molecule has 88 valence electrons. The van der Waals surface area contributed by atoms with Crippen LogP contribution < -0.4 is 5.32 Å². The van der Waals surface area contributed by atoms with Crippen molar-refractivity contribution in [3.63, 3.8) is 0 Å². The molecule has 0 radical (unpaired) electrons. The van der Waals surface area contributed by atoms with Crippen molar-refractivity contribution >= 4 is 11.9 Å². The molecule has 0 saturated heterocycles. The molecule has 0 bridgehead atoms. The first-order chi connectivity index (χ1) is 6.88. The van der Waals surface area contributed by atoms with E-state index in [0.717, 1.165) is 6.42 Å². The molecule has 0 aliphatic heterocycles. The number of rotatable bonds is 5. The molecule has 1 amide bonds. The summed E-state index contributed by atoms with van der Waals surface area (Å²) in [6, 6.07) is 0. The van der Waals surface area contributed by atoms with E-state index in [1.54, 1.807) is 0 Å². The topological polar surface area (TPSA) is 55.4 Å². The van der Waals surface area contributed by atoms with E-state index in [1.165, 1.54) is 0 Å². The van der Waals surface area contributed by atoms with Crippen LogP contribution in [0.1, 0.15) is 40.5 Å². The van der Waals surface area contributed by atoms with Gasteiger partial charge in [0, 0.05) is 12.0 Å². The zero-order chi connectivity index (χ0) is 11.9. The van der Waals surface area contributed by atoms with E-state index in [2.05, 4.69) is 5.32 Å². The Bertz CT molecular complexity index is 218. The zero-order valence-electron chi connectivity index (χ0n) is 10.1. The monoisotopic (exact) mass is 215 g/mol. The molecule has 0 aromatic rings. The zero-order valence-corrected chi connectivity index (χ0v) is 10.1. The summed E-state index contributed by atoms with van der Waals surface area (Å²) >= 11 is 0. The molecule has 0 fully saturated rings. The number of amides is 1. The van der Waals surface area contributed by atoms with Crippen molar-refractivity contribution in [3.8, 4) is 0 Å². The minimum absolute atomic E-state index is 0.0502. The lowest BCUT2D eigenvalue weighted by Gasteiger charge is -2.17. The highest BCUT2D eigenvalue weighted by Gasteiger charge is 2.20. The summed E-state index contributed by atoms with van der Waals surface area (Å²) in [4.78, 5) is 22.5. The van der Waals surface area contributed by atoms with Gasteiger partial charge in [-0.15, -0.1) is 0 Å². The Kier molecular flexibility index (Phi) is 5.97. The first kappa shape index (κ1) is 13.9. The minimum Gasteiger partial charge on any atom is -0.466 e.